The van der Waals surface area contributed by atoms with Crippen molar-refractivity contribution < 1.29 is 32.5 Å². The van der Waals surface area contributed by atoms with Crippen LogP contribution in [0.4, 0.5) is 17.6 Å². The Kier molecular flexibility index (Phi) is 3.60. The molecule has 0 radical (unpaired) electrons. The number of ether oxygens (including phenoxy) is 1. The molecule has 2 heterocycles. The zero-order chi connectivity index (χ0) is 13.7. The second-order valence-corrected chi connectivity index (χ2v) is 5.44. The molecule has 9 heteroatoms. The molecule has 0 bridgehead atoms. The molecule has 1 saturated heterocycles. The van der Waals surface area contributed by atoms with E-state index in [2.05, 4.69) is 4.99 Å². The van der Waals surface area contributed by atoms with Crippen LogP contribution in [0.1, 0.15) is 6.92 Å². The molecule has 6 atom stereocenters. The fourth-order valence-electron chi connectivity index (χ4n) is 1.93. The first kappa shape index (κ1) is 14.0. The molecule has 104 valence electrons. The Bertz CT molecular complexity index is 364. The van der Waals surface area contributed by atoms with Gasteiger partial charge in [0.25, 0.3) is 0 Å². The summed E-state index contributed by atoms with van der Waals surface area (Å²) in [5.41, 5.74) is -0.939. The molecule has 2 N–H and O–H groups in total. The van der Waals surface area contributed by atoms with E-state index in [4.69, 9.17) is 9.84 Å². The lowest BCUT2D eigenvalue weighted by Crippen LogP contribution is -2.59. The summed E-state index contributed by atoms with van der Waals surface area (Å²) in [5, 5.41) is 19.0. The van der Waals surface area contributed by atoms with Crippen molar-refractivity contribution >= 4 is 16.8 Å². The van der Waals surface area contributed by atoms with E-state index in [1.807, 2.05) is 0 Å². The first-order valence-corrected chi connectivity index (χ1v) is 6.03. The highest BCUT2D eigenvalue weighted by Gasteiger charge is 2.56. The average molecular weight is 289 g/mol. The van der Waals surface area contributed by atoms with Gasteiger partial charge in [0, 0.05) is 0 Å². The lowest BCUT2D eigenvalue weighted by atomic mass is 9.95. The van der Waals surface area contributed by atoms with Crippen LogP contribution in [0.15, 0.2) is 4.99 Å². The molecule has 0 aromatic carbocycles. The second kappa shape index (κ2) is 4.62. The maximum atomic E-state index is 13.8. The Morgan fingerprint density at radius 3 is 2.61 bits per heavy atom. The van der Waals surface area contributed by atoms with E-state index in [0.717, 1.165) is 11.8 Å². The molecule has 2 aliphatic heterocycles. The topological polar surface area (TPSA) is 62.1 Å². The van der Waals surface area contributed by atoms with Gasteiger partial charge in [0.1, 0.15) is 23.7 Å². The van der Waals surface area contributed by atoms with E-state index in [-0.39, 0.29) is 0 Å². The second-order valence-electron chi connectivity index (χ2n) is 4.15. The number of halogens is 4. The number of alkyl halides is 4. The predicted molar refractivity (Wildman–Crippen MR) is 56.1 cm³/mol. The van der Waals surface area contributed by atoms with Crippen molar-refractivity contribution in [1.29, 1.82) is 0 Å². The van der Waals surface area contributed by atoms with Crippen molar-refractivity contribution in [3.05, 3.63) is 0 Å². The third kappa shape index (κ3) is 2.36. The summed E-state index contributed by atoms with van der Waals surface area (Å²) in [5.74, 6) is 0. The molecule has 0 aliphatic carbocycles. The minimum atomic E-state index is -4.97. The van der Waals surface area contributed by atoms with E-state index in [9.17, 15) is 22.7 Å². The Labute approximate surface area is 104 Å². The number of aliphatic hydroxyl groups excluding tert-OH is 2. The highest BCUT2D eigenvalue weighted by Crippen LogP contribution is 2.40. The standard InChI is InChI=1S/C9H11F4NO3S/c1-2-14-4-3(10)5(15)6(17-8(4)18-2)7(16)9(11,12)13/h3-8,15-16H,1H3/t3-,4+,5-,6-,7-,8+/m0/s1. The van der Waals surface area contributed by atoms with Gasteiger partial charge in [0.15, 0.2) is 12.3 Å². The number of fused-ring (bicyclic) bond motifs is 1. The molecule has 0 aromatic heterocycles. The number of nitrogens with zero attached hydrogens (tertiary/aromatic N) is 1. The van der Waals surface area contributed by atoms with Gasteiger partial charge < -0.3 is 14.9 Å². The summed E-state index contributed by atoms with van der Waals surface area (Å²) < 4.78 is 55.8. The third-order valence-corrected chi connectivity index (χ3v) is 3.89. The molecular weight excluding hydrogens is 278 g/mol. The first-order chi connectivity index (χ1) is 8.21. The minimum absolute atomic E-state index is 0.474. The van der Waals surface area contributed by atoms with Gasteiger partial charge in [-0.05, 0) is 6.92 Å². The largest absolute Gasteiger partial charge is 0.417 e. The van der Waals surface area contributed by atoms with Crippen molar-refractivity contribution in [3.63, 3.8) is 0 Å². The molecule has 0 saturated carbocycles. The predicted octanol–water partition coefficient (Wildman–Crippen LogP) is 0.867. The Hall–Kier alpha value is -0.380. The molecule has 1 fully saturated rings. The average Bonchev–Trinajstić information content (AvgIpc) is 2.62. The highest BCUT2D eigenvalue weighted by atomic mass is 32.2. The molecular formula is C9H11F4NO3S. The summed E-state index contributed by atoms with van der Waals surface area (Å²) >= 11 is 0.985. The fraction of sp³-hybridized carbons (Fsp3) is 0.889. The van der Waals surface area contributed by atoms with Crippen molar-refractivity contribution in [2.24, 2.45) is 4.99 Å². The van der Waals surface area contributed by atoms with Gasteiger partial charge in [-0.2, -0.15) is 13.2 Å². The van der Waals surface area contributed by atoms with Crippen LogP contribution < -0.4 is 0 Å². The van der Waals surface area contributed by atoms with Gasteiger partial charge in [-0.15, -0.1) is 0 Å². The SMILES string of the molecule is CC1=N[C@@H]2[C@H](F)[C@H](O)[C@@H]([C@H](O)C(F)(F)F)O[C@@H]2S1. The summed E-state index contributed by atoms with van der Waals surface area (Å²) in [6.45, 7) is 1.57. The first-order valence-electron chi connectivity index (χ1n) is 5.15. The Balaban J connectivity index is 2.17. The molecule has 2 aliphatic rings. The summed E-state index contributed by atoms with van der Waals surface area (Å²) in [7, 11) is 0. The number of aliphatic hydroxyl groups is 2. The van der Waals surface area contributed by atoms with E-state index in [0.29, 0.717) is 5.04 Å². The van der Waals surface area contributed by atoms with Crippen LogP contribution >= 0.6 is 11.8 Å². The maximum Gasteiger partial charge on any atom is 0.417 e. The number of aliphatic imine (C=N–C) groups is 1. The number of hydrogen-bond donors (Lipinski definition) is 2. The maximum absolute atomic E-state index is 13.8. The number of thioether (sulfide) groups is 1. The van der Waals surface area contributed by atoms with Crippen LogP contribution in [0.3, 0.4) is 0 Å². The van der Waals surface area contributed by atoms with Gasteiger partial charge in [-0.25, -0.2) is 4.39 Å². The van der Waals surface area contributed by atoms with Crippen LogP contribution in [0.25, 0.3) is 0 Å². The van der Waals surface area contributed by atoms with E-state index < -0.39 is 42.1 Å². The molecule has 18 heavy (non-hydrogen) atoms. The molecule has 4 nitrogen and oxygen atoms in total. The van der Waals surface area contributed by atoms with E-state index in [1.165, 1.54) is 0 Å². The molecule has 0 spiro atoms. The molecule has 0 amide bonds. The van der Waals surface area contributed by atoms with Crippen molar-refractivity contribution in [3.8, 4) is 0 Å². The van der Waals surface area contributed by atoms with Gasteiger partial charge in [0.05, 0.1) is 5.04 Å². The molecule has 0 aromatic rings. The van der Waals surface area contributed by atoms with Crippen molar-refractivity contribution in [2.45, 2.75) is 49.1 Å². The molecule has 0 unspecified atom stereocenters. The smallest absolute Gasteiger partial charge is 0.387 e. The van der Waals surface area contributed by atoms with E-state index in [1.54, 1.807) is 6.92 Å². The van der Waals surface area contributed by atoms with Crippen molar-refractivity contribution in [2.75, 3.05) is 0 Å². The van der Waals surface area contributed by atoms with E-state index >= 15 is 0 Å². The number of hydrogen-bond acceptors (Lipinski definition) is 5. The lowest BCUT2D eigenvalue weighted by molar-refractivity contribution is -0.267. The fourth-order valence-corrected chi connectivity index (χ4v) is 2.99. The van der Waals surface area contributed by atoms with Crippen LogP contribution in [0, 0.1) is 0 Å². The third-order valence-electron chi connectivity index (χ3n) is 2.82. The van der Waals surface area contributed by atoms with Gasteiger partial charge in [-0.1, -0.05) is 11.8 Å². The van der Waals surface area contributed by atoms with Gasteiger partial charge in [0.2, 0.25) is 0 Å². The minimum Gasteiger partial charge on any atom is -0.387 e. The summed E-state index contributed by atoms with van der Waals surface area (Å²) in [4.78, 5) is 3.85. The van der Waals surface area contributed by atoms with Crippen molar-refractivity contribution in [1.82, 2.24) is 0 Å². The summed E-state index contributed by atoms with van der Waals surface area (Å²) in [6.07, 6.45) is -14.0. The Morgan fingerprint density at radius 1 is 1.44 bits per heavy atom. The molecule has 2 rings (SSSR count). The van der Waals surface area contributed by atoms with Crippen LogP contribution in [0.5, 0.6) is 0 Å². The van der Waals surface area contributed by atoms with Gasteiger partial charge >= 0.3 is 6.18 Å². The normalized spacial score (nSPS) is 42.4. The highest BCUT2D eigenvalue weighted by molar-refractivity contribution is 8.14. The monoisotopic (exact) mass is 289 g/mol. The quantitative estimate of drug-likeness (QED) is 0.703. The number of rotatable bonds is 1. The lowest BCUT2D eigenvalue weighted by Gasteiger charge is -2.39. The van der Waals surface area contributed by atoms with Gasteiger partial charge in [-0.3, -0.25) is 4.99 Å². The van der Waals surface area contributed by atoms with Crippen LogP contribution in [-0.2, 0) is 4.74 Å². The van der Waals surface area contributed by atoms with Crippen LogP contribution in [0.2, 0.25) is 0 Å². The Morgan fingerprint density at radius 2 is 2.06 bits per heavy atom. The summed E-state index contributed by atoms with van der Waals surface area (Å²) in [6, 6.07) is -1.03. The van der Waals surface area contributed by atoms with Crippen LogP contribution in [-0.4, -0.2) is 57.4 Å². The zero-order valence-electron chi connectivity index (χ0n) is 9.13. The zero-order valence-corrected chi connectivity index (χ0v) is 9.95.